The van der Waals surface area contributed by atoms with Gasteiger partial charge in [-0.25, -0.2) is 0 Å². The number of benzene rings is 1. The zero-order valence-electron chi connectivity index (χ0n) is 12.8. The number of nitrogens with two attached hydrogens (primary N) is 1. The van der Waals surface area contributed by atoms with Crippen LogP contribution in [0.5, 0.6) is 0 Å². The number of carbonyl (C=O) groups excluding carboxylic acids is 1. The molecule has 0 aromatic heterocycles. The van der Waals surface area contributed by atoms with Gasteiger partial charge in [-0.2, -0.15) is 0 Å². The van der Waals surface area contributed by atoms with Crippen molar-refractivity contribution in [1.82, 2.24) is 4.90 Å². The molecule has 1 aromatic carbocycles. The number of hydrogen-bond acceptors (Lipinski definition) is 2. The predicted molar refractivity (Wildman–Crippen MR) is 84.6 cm³/mol. The molecule has 0 heterocycles. The molecule has 1 rings (SSSR count). The molecule has 0 saturated carbocycles. The summed E-state index contributed by atoms with van der Waals surface area (Å²) in [6, 6.07) is 7.27. The van der Waals surface area contributed by atoms with Crippen LogP contribution in [0.3, 0.4) is 0 Å². The number of amides is 1. The van der Waals surface area contributed by atoms with Crippen LogP contribution in [0.15, 0.2) is 24.3 Å². The maximum absolute atomic E-state index is 12.5. The van der Waals surface area contributed by atoms with Crippen molar-refractivity contribution in [2.24, 2.45) is 11.7 Å². The second-order valence-electron chi connectivity index (χ2n) is 5.93. The third-order valence-corrected chi connectivity index (χ3v) is 3.43. The highest BCUT2D eigenvalue weighted by atomic mass is 35.5. The molecule has 4 heteroatoms. The van der Waals surface area contributed by atoms with Gasteiger partial charge in [0.15, 0.2) is 0 Å². The van der Waals surface area contributed by atoms with E-state index in [9.17, 15) is 4.79 Å². The van der Waals surface area contributed by atoms with Crippen molar-refractivity contribution < 1.29 is 4.79 Å². The minimum absolute atomic E-state index is 0.00803. The molecule has 112 valence electrons. The molecule has 0 aliphatic rings. The standard InChI is InChI=1S/C16H25ClN2O/c1-11(2)8-15(18)16(20)19(12(3)4)10-13-6-5-7-14(17)9-13/h5-7,9,11-12,15H,8,10,18H2,1-4H3/t15-/m1/s1. The first-order valence-corrected chi connectivity index (χ1v) is 7.49. The molecule has 0 spiro atoms. The quantitative estimate of drug-likeness (QED) is 0.874. The topological polar surface area (TPSA) is 46.3 Å². The van der Waals surface area contributed by atoms with E-state index in [1.54, 1.807) is 0 Å². The van der Waals surface area contributed by atoms with E-state index in [1.165, 1.54) is 0 Å². The summed E-state index contributed by atoms with van der Waals surface area (Å²) in [5.74, 6) is 0.419. The Morgan fingerprint density at radius 1 is 1.30 bits per heavy atom. The molecule has 1 atom stereocenters. The molecule has 0 fully saturated rings. The number of carbonyl (C=O) groups is 1. The summed E-state index contributed by atoms with van der Waals surface area (Å²) in [7, 11) is 0. The number of rotatable bonds is 6. The van der Waals surface area contributed by atoms with Gasteiger partial charge in [-0.15, -0.1) is 0 Å². The highest BCUT2D eigenvalue weighted by Crippen LogP contribution is 2.16. The molecule has 3 nitrogen and oxygen atoms in total. The van der Waals surface area contributed by atoms with Crippen LogP contribution in [0, 0.1) is 5.92 Å². The highest BCUT2D eigenvalue weighted by molar-refractivity contribution is 6.30. The van der Waals surface area contributed by atoms with Gasteiger partial charge in [0, 0.05) is 17.6 Å². The monoisotopic (exact) mass is 296 g/mol. The van der Waals surface area contributed by atoms with Crippen molar-refractivity contribution >= 4 is 17.5 Å². The van der Waals surface area contributed by atoms with Gasteiger partial charge in [-0.3, -0.25) is 4.79 Å². The van der Waals surface area contributed by atoms with Gasteiger partial charge in [0.2, 0.25) is 5.91 Å². The van der Waals surface area contributed by atoms with Crippen molar-refractivity contribution in [2.45, 2.75) is 52.7 Å². The lowest BCUT2D eigenvalue weighted by Gasteiger charge is -2.30. The van der Waals surface area contributed by atoms with Crippen LogP contribution >= 0.6 is 11.6 Å². The predicted octanol–water partition coefficient (Wildman–Crippen LogP) is 3.45. The zero-order valence-corrected chi connectivity index (χ0v) is 13.5. The highest BCUT2D eigenvalue weighted by Gasteiger charge is 2.24. The van der Waals surface area contributed by atoms with Crippen LogP contribution in [0.4, 0.5) is 0 Å². The first-order valence-electron chi connectivity index (χ1n) is 7.11. The second kappa shape index (κ2) is 7.65. The maximum atomic E-state index is 12.5. The summed E-state index contributed by atoms with van der Waals surface area (Å²) in [6.45, 7) is 8.70. The fourth-order valence-corrected chi connectivity index (χ4v) is 2.38. The summed E-state index contributed by atoms with van der Waals surface area (Å²) in [5, 5.41) is 0.685. The summed E-state index contributed by atoms with van der Waals surface area (Å²) in [6.07, 6.45) is 0.706. The average Bonchev–Trinajstić information content (AvgIpc) is 2.34. The van der Waals surface area contributed by atoms with Crippen molar-refractivity contribution in [1.29, 1.82) is 0 Å². The third kappa shape index (κ3) is 5.14. The first-order chi connectivity index (χ1) is 9.31. The molecule has 1 aromatic rings. The Hall–Kier alpha value is -1.06. The van der Waals surface area contributed by atoms with Gasteiger partial charge < -0.3 is 10.6 Å². The Balaban J connectivity index is 2.81. The van der Waals surface area contributed by atoms with Crippen LogP contribution in [-0.2, 0) is 11.3 Å². The van der Waals surface area contributed by atoms with E-state index in [1.807, 2.05) is 43.0 Å². The van der Waals surface area contributed by atoms with Crippen LogP contribution in [0.2, 0.25) is 5.02 Å². The minimum atomic E-state index is -0.434. The fraction of sp³-hybridized carbons (Fsp3) is 0.562. The van der Waals surface area contributed by atoms with Crippen molar-refractivity contribution in [3.8, 4) is 0 Å². The largest absolute Gasteiger partial charge is 0.335 e. The summed E-state index contributed by atoms with van der Waals surface area (Å²) in [5.41, 5.74) is 7.05. The molecule has 20 heavy (non-hydrogen) atoms. The molecule has 0 unspecified atom stereocenters. The third-order valence-electron chi connectivity index (χ3n) is 3.19. The van der Waals surface area contributed by atoms with Gasteiger partial charge in [0.05, 0.1) is 6.04 Å². The molecular weight excluding hydrogens is 272 g/mol. The molecule has 1 amide bonds. The van der Waals surface area contributed by atoms with Crippen LogP contribution in [-0.4, -0.2) is 22.9 Å². The zero-order chi connectivity index (χ0) is 15.3. The van der Waals surface area contributed by atoms with Gasteiger partial charge in [-0.05, 0) is 43.9 Å². The van der Waals surface area contributed by atoms with E-state index in [4.69, 9.17) is 17.3 Å². The SMILES string of the molecule is CC(C)C[C@@H](N)C(=O)N(Cc1cccc(Cl)c1)C(C)C. The molecule has 0 aliphatic heterocycles. The van der Waals surface area contributed by atoms with E-state index in [2.05, 4.69) is 13.8 Å². The van der Waals surface area contributed by atoms with Crippen molar-refractivity contribution in [3.63, 3.8) is 0 Å². The van der Waals surface area contributed by atoms with E-state index >= 15 is 0 Å². The van der Waals surface area contributed by atoms with Gasteiger partial charge in [0.1, 0.15) is 0 Å². The number of nitrogens with zero attached hydrogens (tertiary/aromatic N) is 1. The summed E-state index contributed by atoms with van der Waals surface area (Å²) in [4.78, 5) is 14.3. The maximum Gasteiger partial charge on any atom is 0.240 e. The summed E-state index contributed by atoms with van der Waals surface area (Å²) < 4.78 is 0. The van der Waals surface area contributed by atoms with E-state index < -0.39 is 6.04 Å². The Morgan fingerprint density at radius 2 is 1.95 bits per heavy atom. The Bertz CT molecular complexity index is 446. The van der Waals surface area contributed by atoms with Crippen LogP contribution < -0.4 is 5.73 Å². The lowest BCUT2D eigenvalue weighted by atomic mass is 10.0. The Kier molecular flexibility index (Phi) is 6.50. The minimum Gasteiger partial charge on any atom is -0.335 e. The lowest BCUT2D eigenvalue weighted by Crippen LogP contribution is -2.47. The van der Waals surface area contributed by atoms with Crippen molar-refractivity contribution in [3.05, 3.63) is 34.9 Å². The second-order valence-corrected chi connectivity index (χ2v) is 6.36. The smallest absolute Gasteiger partial charge is 0.240 e. The van der Waals surface area contributed by atoms with Crippen LogP contribution in [0.1, 0.15) is 39.7 Å². The fourth-order valence-electron chi connectivity index (χ4n) is 2.17. The average molecular weight is 297 g/mol. The molecule has 0 aliphatic carbocycles. The van der Waals surface area contributed by atoms with Gasteiger partial charge in [0.25, 0.3) is 0 Å². The normalized spacial score (nSPS) is 12.8. The lowest BCUT2D eigenvalue weighted by molar-refractivity contribution is -0.135. The molecule has 0 radical (unpaired) electrons. The number of hydrogen-bond donors (Lipinski definition) is 1. The molecule has 0 saturated heterocycles. The Morgan fingerprint density at radius 3 is 2.45 bits per heavy atom. The van der Waals surface area contributed by atoms with Gasteiger partial charge >= 0.3 is 0 Å². The van der Waals surface area contributed by atoms with E-state index in [-0.39, 0.29) is 11.9 Å². The molecule has 2 N–H and O–H groups in total. The van der Waals surface area contributed by atoms with E-state index in [0.29, 0.717) is 23.9 Å². The van der Waals surface area contributed by atoms with Crippen LogP contribution in [0.25, 0.3) is 0 Å². The van der Waals surface area contributed by atoms with E-state index in [0.717, 1.165) is 5.56 Å². The number of halogens is 1. The first kappa shape index (κ1) is 17.0. The van der Waals surface area contributed by atoms with Crippen molar-refractivity contribution in [2.75, 3.05) is 0 Å². The molecular formula is C16H25ClN2O. The molecule has 0 bridgehead atoms. The Labute approximate surface area is 127 Å². The summed E-state index contributed by atoms with van der Waals surface area (Å²) >= 11 is 5.99. The van der Waals surface area contributed by atoms with Gasteiger partial charge in [-0.1, -0.05) is 37.6 Å².